The summed E-state index contributed by atoms with van der Waals surface area (Å²) < 4.78 is 0. The van der Waals surface area contributed by atoms with Crippen molar-refractivity contribution in [3.8, 4) is 0 Å². The Hall–Kier alpha value is -3.29. The molecule has 168 valence electrons. The molecule has 4 rings (SSSR count). The van der Waals surface area contributed by atoms with Gasteiger partial charge in [-0.15, -0.1) is 0 Å². The maximum atomic E-state index is 12.7. The molecule has 0 radical (unpaired) electrons. The maximum Gasteiger partial charge on any atom is 0.254 e. The molecule has 3 amide bonds. The van der Waals surface area contributed by atoms with E-state index in [0.29, 0.717) is 49.7 Å². The zero-order valence-corrected chi connectivity index (χ0v) is 18.4. The summed E-state index contributed by atoms with van der Waals surface area (Å²) in [5, 5.41) is 2.91. The predicted molar refractivity (Wildman–Crippen MR) is 119 cm³/mol. The van der Waals surface area contributed by atoms with Crippen molar-refractivity contribution < 1.29 is 14.4 Å². The van der Waals surface area contributed by atoms with E-state index < -0.39 is 0 Å². The summed E-state index contributed by atoms with van der Waals surface area (Å²) in [7, 11) is 0. The van der Waals surface area contributed by atoms with Crippen LogP contribution in [0.15, 0.2) is 36.5 Å². The molecule has 1 aromatic heterocycles. The van der Waals surface area contributed by atoms with Crippen LogP contribution in [-0.2, 0) is 16.1 Å². The van der Waals surface area contributed by atoms with Crippen LogP contribution in [0.2, 0.25) is 0 Å². The van der Waals surface area contributed by atoms with Crippen LogP contribution in [0.4, 0.5) is 0 Å². The minimum atomic E-state index is -0.200. The van der Waals surface area contributed by atoms with Gasteiger partial charge in [0.25, 0.3) is 5.91 Å². The molecule has 32 heavy (non-hydrogen) atoms. The summed E-state index contributed by atoms with van der Waals surface area (Å²) in [6, 6.07) is 9.73. The van der Waals surface area contributed by atoms with Crippen molar-refractivity contribution >= 4 is 17.7 Å². The Morgan fingerprint density at radius 1 is 1.16 bits per heavy atom. The van der Waals surface area contributed by atoms with Crippen LogP contribution in [-0.4, -0.2) is 63.7 Å². The normalized spacial score (nSPS) is 18.7. The first-order valence-electron chi connectivity index (χ1n) is 11.2. The minimum Gasteiger partial charge on any atom is -0.348 e. The molecule has 0 saturated carbocycles. The number of aromatic nitrogens is 2. The molecule has 1 N–H and O–H groups in total. The number of nitrogens with one attached hydrogen (secondary N) is 1. The van der Waals surface area contributed by atoms with Gasteiger partial charge in [-0.05, 0) is 31.7 Å². The molecule has 0 unspecified atom stereocenters. The van der Waals surface area contributed by atoms with Crippen molar-refractivity contribution in [1.29, 1.82) is 0 Å². The van der Waals surface area contributed by atoms with E-state index in [1.54, 1.807) is 11.1 Å². The van der Waals surface area contributed by atoms with Gasteiger partial charge in [0, 0.05) is 44.7 Å². The summed E-state index contributed by atoms with van der Waals surface area (Å²) in [6.07, 6.45) is 4.71. The van der Waals surface area contributed by atoms with Gasteiger partial charge in [-0.1, -0.05) is 30.3 Å². The Morgan fingerprint density at radius 2 is 1.97 bits per heavy atom. The molecule has 2 aliphatic heterocycles. The van der Waals surface area contributed by atoms with Crippen molar-refractivity contribution in [2.24, 2.45) is 0 Å². The summed E-state index contributed by atoms with van der Waals surface area (Å²) >= 11 is 0. The molecule has 0 bridgehead atoms. The molecule has 0 aliphatic carbocycles. The predicted octanol–water partition coefficient (Wildman–Crippen LogP) is 2.04. The molecule has 1 atom stereocenters. The van der Waals surface area contributed by atoms with Crippen LogP contribution in [0.5, 0.6) is 0 Å². The van der Waals surface area contributed by atoms with E-state index in [0.717, 1.165) is 24.8 Å². The second-order valence-electron chi connectivity index (χ2n) is 8.49. The first kappa shape index (κ1) is 21.9. The highest BCUT2D eigenvalue weighted by atomic mass is 16.2. The fourth-order valence-corrected chi connectivity index (χ4v) is 4.33. The van der Waals surface area contributed by atoms with Crippen LogP contribution in [0.3, 0.4) is 0 Å². The molecular weight excluding hydrogens is 406 g/mol. The highest BCUT2D eigenvalue weighted by Crippen LogP contribution is 2.25. The number of benzene rings is 1. The zero-order chi connectivity index (χ0) is 22.5. The van der Waals surface area contributed by atoms with Gasteiger partial charge in [-0.2, -0.15) is 0 Å². The van der Waals surface area contributed by atoms with Gasteiger partial charge < -0.3 is 15.1 Å². The average molecular weight is 436 g/mol. The highest BCUT2D eigenvalue weighted by molar-refractivity contribution is 5.94. The first-order chi connectivity index (χ1) is 15.5. The van der Waals surface area contributed by atoms with E-state index >= 15 is 0 Å². The van der Waals surface area contributed by atoms with Crippen molar-refractivity contribution in [3.63, 3.8) is 0 Å². The third-order valence-corrected chi connectivity index (χ3v) is 6.18. The Balaban J connectivity index is 1.36. The fraction of sp³-hybridized carbons (Fsp3) is 0.458. The lowest BCUT2D eigenvalue weighted by Gasteiger charge is -2.33. The summed E-state index contributed by atoms with van der Waals surface area (Å²) in [5.41, 5.74) is 2.12. The summed E-state index contributed by atoms with van der Waals surface area (Å²) in [6.45, 7) is 4.31. The molecule has 8 heteroatoms. The Morgan fingerprint density at radius 3 is 2.69 bits per heavy atom. The Labute approximate surface area is 188 Å². The topological polar surface area (TPSA) is 95.5 Å². The molecular formula is C24H29N5O3. The zero-order valence-electron chi connectivity index (χ0n) is 18.4. The Kier molecular flexibility index (Phi) is 6.78. The molecule has 8 nitrogen and oxygen atoms in total. The van der Waals surface area contributed by atoms with Gasteiger partial charge in [-0.25, -0.2) is 9.97 Å². The number of carbonyl (C=O) groups is 3. The second kappa shape index (κ2) is 9.89. The van der Waals surface area contributed by atoms with Crippen LogP contribution in [0.25, 0.3) is 0 Å². The molecule has 2 saturated heterocycles. The number of piperidine rings is 1. The number of rotatable bonds is 6. The van der Waals surface area contributed by atoms with E-state index in [2.05, 4.69) is 15.3 Å². The number of amides is 3. The molecule has 1 aromatic carbocycles. The van der Waals surface area contributed by atoms with E-state index in [1.165, 1.54) is 0 Å². The van der Waals surface area contributed by atoms with E-state index in [1.807, 2.05) is 42.2 Å². The SMILES string of the molecule is Cc1nc([C@H]2CCCN(C(=O)CN3CCCC3=O)C2)ncc1C(=O)NCc1ccccc1. The summed E-state index contributed by atoms with van der Waals surface area (Å²) in [5.74, 6) is 0.540. The minimum absolute atomic E-state index is 0.0152. The fourth-order valence-electron chi connectivity index (χ4n) is 4.33. The largest absolute Gasteiger partial charge is 0.348 e. The molecule has 3 heterocycles. The van der Waals surface area contributed by atoms with Gasteiger partial charge in [-0.3, -0.25) is 14.4 Å². The van der Waals surface area contributed by atoms with Crippen molar-refractivity contribution in [2.75, 3.05) is 26.2 Å². The average Bonchev–Trinajstić information content (AvgIpc) is 3.22. The van der Waals surface area contributed by atoms with Crippen molar-refractivity contribution in [2.45, 2.75) is 45.1 Å². The van der Waals surface area contributed by atoms with Gasteiger partial charge >= 0.3 is 0 Å². The van der Waals surface area contributed by atoms with Crippen molar-refractivity contribution in [3.05, 3.63) is 59.2 Å². The molecule has 2 aliphatic rings. The molecule has 0 spiro atoms. The van der Waals surface area contributed by atoms with Crippen LogP contribution in [0, 0.1) is 6.92 Å². The van der Waals surface area contributed by atoms with Crippen LogP contribution >= 0.6 is 0 Å². The lowest BCUT2D eigenvalue weighted by Crippen LogP contribution is -2.45. The first-order valence-corrected chi connectivity index (χ1v) is 11.2. The number of hydrogen-bond acceptors (Lipinski definition) is 5. The quantitative estimate of drug-likeness (QED) is 0.749. The van der Waals surface area contributed by atoms with Gasteiger partial charge in [0.15, 0.2) is 0 Å². The highest BCUT2D eigenvalue weighted by Gasteiger charge is 2.30. The molecule has 2 fully saturated rings. The second-order valence-corrected chi connectivity index (χ2v) is 8.49. The monoisotopic (exact) mass is 435 g/mol. The third kappa shape index (κ3) is 5.12. The molecule has 2 aromatic rings. The third-order valence-electron chi connectivity index (χ3n) is 6.18. The standard InChI is InChI=1S/C24H29N5O3/c1-17-20(24(32)26-13-18-7-3-2-4-8-18)14-25-23(27-17)19-9-5-11-28(15-19)22(31)16-29-12-6-10-21(29)30/h2-4,7-8,14,19H,5-6,9-13,15-16H2,1H3,(H,26,32)/t19-/m0/s1. The van der Waals surface area contributed by atoms with E-state index in [-0.39, 0.29) is 30.2 Å². The maximum absolute atomic E-state index is 12.7. The van der Waals surface area contributed by atoms with E-state index in [9.17, 15) is 14.4 Å². The van der Waals surface area contributed by atoms with Crippen molar-refractivity contribution in [1.82, 2.24) is 25.1 Å². The van der Waals surface area contributed by atoms with E-state index in [4.69, 9.17) is 0 Å². The van der Waals surface area contributed by atoms with Crippen LogP contribution < -0.4 is 5.32 Å². The number of hydrogen-bond donors (Lipinski definition) is 1. The van der Waals surface area contributed by atoms with Gasteiger partial charge in [0.1, 0.15) is 5.82 Å². The lowest BCUT2D eigenvalue weighted by atomic mass is 9.96. The smallest absolute Gasteiger partial charge is 0.254 e. The number of aryl methyl sites for hydroxylation is 1. The summed E-state index contributed by atoms with van der Waals surface area (Å²) in [4.78, 5) is 49.7. The number of nitrogens with zero attached hydrogens (tertiary/aromatic N) is 4. The number of likely N-dealkylation sites (tertiary alicyclic amines) is 2. The number of carbonyl (C=O) groups excluding carboxylic acids is 3. The Bertz CT molecular complexity index is 994. The lowest BCUT2D eigenvalue weighted by molar-refractivity contribution is -0.139. The van der Waals surface area contributed by atoms with Gasteiger partial charge in [0.05, 0.1) is 17.8 Å². The van der Waals surface area contributed by atoms with Crippen LogP contribution in [0.1, 0.15) is 59.0 Å². The van der Waals surface area contributed by atoms with Gasteiger partial charge in [0.2, 0.25) is 11.8 Å².